The van der Waals surface area contributed by atoms with Crippen LogP contribution in [-0.4, -0.2) is 30.6 Å². The first kappa shape index (κ1) is 7.61. The summed E-state index contributed by atoms with van der Waals surface area (Å²) < 4.78 is 0. The Labute approximate surface area is 62.9 Å². The van der Waals surface area contributed by atoms with E-state index < -0.39 is 0 Å². The van der Waals surface area contributed by atoms with Crippen LogP contribution in [0.2, 0.25) is 0 Å². The van der Waals surface area contributed by atoms with Crippen molar-refractivity contribution in [1.29, 1.82) is 0 Å². The van der Waals surface area contributed by atoms with Gasteiger partial charge in [0, 0.05) is 25.8 Å². The van der Waals surface area contributed by atoms with Gasteiger partial charge in [0.2, 0.25) is 0 Å². The molecule has 0 aromatic carbocycles. The van der Waals surface area contributed by atoms with Crippen LogP contribution >= 0.6 is 0 Å². The third-order valence-corrected chi connectivity index (χ3v) is 2.20. The molecule has 0 radical (unpaired) electrons. The van der Waals surface area contributed by atoms with Crippen molar-refractivity contribution in [2.75, 3.05) is 20.1 Å². The number of hydrogen-bond acceptors (Lipinski definition) is 2. The molecule has 1 fully saturated rings. The van der Waals surface area contributed by atoms with E-state index in [4.69, 9.17) is 0 Å². The Bertz CT molecular complexity index is 149. The van der Waals surface area contributed by atoms with Gasteiger partial charge in [0.05, 0.1) is 5.54 Å². The highest BCUT2D eigenvalue weighted by molar-refractivity contribution is 5.13. The quantitative estimate of drug-likeness (QED) is 0.536. The molecule has 1 saturated heterocycles. The van der Waals surface area contributed by atoms with Crippen molar-refractivity contribution < 1.29 is 0 Å². The van der Waals surface area contributed by atoms with E-state index in [1.165, 1.54) is 5.70 Å². The van der Waals surface area contributed by atoms with E-state index in [2.05, 4.69) is 37.7 Å². The van der Waals surface area contributed by atoms with Crippen molar-refractivity contribution in [3.63, 3.8) is 0 Å². The summed E-state index contributed by atoms with van der Waals surface area (Å²) in [7, 11) is 2.09. The number of nitrogens with zero attached hydrogens (tertiary/aromatic N) is 1. The van der Waals surface area contributed by atoms with Crippen LogP contribution in [0.3, 0.4) is 0 Å². The predicted molar refractivity (Wildman–Crippen MR) is 43.9 cm³/mol. The summed E-state index contributed by atoms with van der Waals surface area (Å²) in [5, 5.41) is 3.40. The topological polar surface area (TPSA) is 15.3 Å². The largest absolute Gasteiger partial charge is 0.376 e. The van der Waals surface area contributed by atoms with Crippen LogP contribution in [0.25, 0.3) is 0 Å². The van der Waals surface area contributed by atoms with Crippen molar-refractivity contribution in [3.8, 4) is 0 Å². The highest BCUT2D eigenvalue weighted by atomic mass is 15.2. The molecule has 0 atom stereocenters. The van der Waals surface area contributed by atoms with Crippen LogP contribution in [0, 0.1) is 0 Å². The molecule has 2 nitrogen and oxygen atoms in total. The van der Waals surface area contributed by atoms with Crippen molar-refractivity contribution in [2.24, 2.45) is 0 Å². The van der Waals surface area contributed by atoms with Crippen LogP contribution in [0.4, 0.5) is 0 Å². The molecule has 0 bridgehead atoms. The lowest BCUT2D eigenvalue weighted by molar-refractivity contribution is 0.256. The summed E-state index contributed by atoms with van der Waals surface area (Å²) >= 11 is 0. The maximum absolute atomic E-state index is 4.01. The molecular weight excluding hydrogens is 124 g/mol. The molecule has 2 heteroatoms. The molecular formula is C8H16N2. The molecule has 0 aliphatic carbocycles. The standard InChI is InChI=1S/C8H16N2/c1-7-8(2,3)9-5-6-10(7)4/h9H,1,5-6H2,2-4H3. The van der Waals surface area contributed by atoms with Crippen LogP contribution in [0.15, 0.2) is 12.3 Å². The van der Waals surface area contributed by atoms with Crippen molar-refractivity contribution >= 4 is 0 Å². The maximum Gasteiger partial charge on any atom is 0.0522 e. The average molecular weight is 140 g/mol. The third-order valence-electron chi connectivity index (χ3n) is 2.20. The normalized spacial score (nSPS) is 25.1. The zero-order valence-corrected chi connectivity index (χ0v) is 7.07. The van der Waals surface area contributed by atoms with E-state index in [1.54, 1.807) is 0 Å². The summed E-state index contributed by atoms with van der Waals surface area (Å²) in [5.74, 6) is 0. The Balaban J connectivity index is 2.70. The molecule has 0 amide bonds. The molecule has 1 aliphatic rings. The SMILES string of the molecule is C=C1N(C)CCNC1(C)C. The van der Waals surface area contributed by atoms with Crippen LogP contribution < -0.4 is 5.32 Å². The first-order chi connectivity index (χ1) is 4.54. The Morgan fingerprint density at radius 3 is 2.60 bits per heavy atom. The monoisotopic (exact) mass is 140 g/mol. The lowest BCUT2D eigenvalue weighted by atomic mass is 9.98. The fourth-order valence-electron chi connectivity index (χ4n) is 1.25. The zero-order chi connectivity index (χ0) is 7.78. The summed E-state index contributed by atoms with van der Waals surface area (Å²) in [4.78, 5) is 2.20. The molecule has 0 spiro atoms. The van der Waals surface area contributed by atoms with E-state index in [-0.39, 0.29) is 5.54 Å². The number of rotatable bonds is 0. The Hall–Kier alpha value is -0.500. The highest BCUT2D eigenvalue weighted by Crippen LogP contribution is 2.19. The molecule has 58 valence electrons. The summed E-state index contributed by atoms with van der Waals surface area (Å²) in [6.07, 6.45) is 0. The molecule has 1 heterocycles. The molecule has 1 aliphatic heterocycles. The third kappa shape index (κ3) is 1.16. The van der Waals surface area contributed by atoms with Crippen molar-refractivity contribution in [2.45, 2.75) is 19.4 Å². The molecule has 1 N–H and O–H groups in total. The minimum absolute atomic E-state index is 0.0903. The van der Waals surface area contributed by atoms with Gasteiger partial charge in [0.25, 0.3) is 0 Å². The first-order valence-electron chi connectivity index (χ1n) is 3.69. The van der Waals surface area contributed by atoms with Crippen LogP contribution in [0.5, 0.6) is 0 Å². The van der Waals surface area contributed by atoms with Gasteiger partial charge in [0.1, 0.15) is 0 Å². The average Bonchev–Trinajstić information content (AvgIpc) is 1.83. The highest BCUT2D eigenvalue weighted by Gasteiger charge is 2.27. The van der Waals surface area contributed by atoms with E-state index >= 15 is 0 Å². The van der Waals surface area contributed by atoms with Gasteiger partial charge in [-0.25, -0.2) is 0 Å². The van der Waals surface area contributed by atoms with Crippen molar-refractivity contribution in [1.82, 2.24) is 10.2 Å². The molecule has 0 aromatic rings. The van der Waals surface area contributed by atoms with E-state index in [0.717, 1.165) is 13.1 Å². The molecule has 0 saturated carbocycles. The van der Waals surface area contributed by atoms with Crippen molar-refractivity contribution in [3.05, 3.63) is 12.3 Å². The number of piperazine rings is 1. The van der Waals surface area contributed by atoms with Gasteiger partial charge in [-0.1, -0.05) is 6.58 Å². The van der Waals surface area contributed by atoms with Gasteiger partial charge in [-0.05, 0) is 13.8 Å². The van der Waals surface area contributed by atoms with Gasteiger partial charge in [-0.2, -0.15) is 0 Å². The second kappa shape index (κ2) is 2.27. The fraction of sp³-hybridized carbons (Fsp3) is 0.750. The van der Waals surface area contributed by atoms with Gasteiger partial charge in [0.15, 0.2) is 0 Å². The Kier molecular flexibility index (Phi) is 1.73. The minimum Gasteiger partial charge on any atom is -0.376 e. The van der Waals surface area contributed by atoms with Crippen LogP contribution in [-0.2, 0) is 0 Å². The van der Waals surface area contributed by atoms with Gasteiger partial charge < -0.3 is 10.2 Å². The van der Waals surface area contributed by atoms with Gasteiger partial charge in [-0.3, -0.25) is 0 Å². The molecule has 0 unspecified atom stereocenters. The summed E-state index contributed by atoms with van der Waals surface area (Å²) in [6.45, 7) is 10.5. The maximum atomic E-state index is 4.01. The minimum atomic E-state index is 0.0903. The summed E-state index contributed by atoms with van der Waals surface area (Å²) in [5.41, 5.74) is 1.27. The molecule has 0 aromatic heterocycles. The van der Waals surface area contributed by atoms with E-state index in [1.807, 2.05) is 0 Å². The second-order valence-electron chi connectivity index (χ2n) is 3.42. The molecule has 10 heavy (non-hydrogen) atoms. The lowest BCUT2D eigenvalue weighted by Gasteiger charge is -2.40. The van der Waals surface area contributed by atoms with Gasteiger partial charge in [-0.15, -0.1) is 0 Å². The Morgan fingerprint density at radius 1 is 1.60 bits per heavy atom. The predicted octanol–water partition coefficient (Wildman–Crippen LogP) is 0.814. The number of nitrogens with one attached hydrogen (secondary N) is 1. The smallest absolute Gasteiger partial charge is 0.0522 e. The van der Waals surface area contributed by atoms with Crippen LogP contribution in [0.1, 0.15) is 13.8 Å². The Morgan fingerprint density at radius 2 is 2.20 bits per heavy atom. The van der Waals surface area contributed by atoms with Gasteiger partial charge >= 0.3 is 0 Å². The number of hydrogen-bond donors (Lipinski definition) is 1. The fourth-order valence-corrected chi connectivity index (χ4v) is 1.25. The number of likely N-dealkylation sites (N-methyl/N-ethyl adjacent to an activating group) is 1. The lowest BCUT2D eigenvalue weighted by Crippen LogP contribution is -2.53. The van der Waals surface area contributed by atoms with E-state index in [9.17, 15) is 0 Å². The summed E-state index contributed by atoms with van der Waals surface area (Å²) in [6, 6.07) is 0. The first-order valence-corrected chi connectivity index (χ1v) is 3.69. The zero-order valence-electron chi connectivity index (χ0n) is 7.07. The molecule has 1 rings (SSSR count). The second-order valence-corrected chi connectivity index (χ2v) is 3.42. The van der Waals surface area contributed by atoms with E-state index in [0.29, 0.717) is 0 Å².